The van der Waals surface area contributed by atoms with Gasteiger partial charge >= 0.3 is 7.60 Å². The third-order valence-electron chi connectivity index (χ3n) is 2.52. The fourth-order valence-electron chi connectivity index (χ4n) is 1.60. The maximum atomic E-state index is 12.3. The van der Waals surface area contributed by atoms with Gasteiger partial charge in [-0.25, -0.2) is 0 Å². The molecule has 1 aromatic carbocycles. The molecule has 0 aromatic heterocycles. The molecule has 0 saturated heterocycles. The molecule has 0 heterocycles. The van der Waals surface area contributed by atoms with E-state index < -0.39 is 24.4 Å². The van der Waals surface area contributed by atoms with Crippen LogP contribution < -0.4 is 0 Å². The van der Waals surface area contributed by atoms with Gasteiger partial charge < -0.3 is 14.2 Å². The second-order valence-electron chi connectivity index (χ2n) is 3.54. The van der Waals surface area contributed by atoms with Crippen LogP contribution in [0.25, 0.3) is 0 Å². The average molecular weight is 275 g/mol. The Morgan fingerprint density at radius 1 is 1.33 bits per heavy atom. The highest BCUT2D eigenvalue weighted by Gasteiger charge is 2.54. The second-order valence-corrected chi connectivity index (χ2v) is 6.00. The van der Waals surface area contributed by atoms with E-state index in [2.05, 4.69) is 9.05 Å². The summed E-state index contributed by atoms with van der Waals surface area (Å²) in [5.74, 6) is 0. The number of hydrogen-bond acceptors (Lipinski definition) is 6. The molecule has 0 fully saturated rings. The van der Waals surface area contributed by atoms with Crippen molar-refractivity contribution in [2.75, 3.05) is 20.8 Å². The van der Waals surface area contributed by atoms with Crippen LogP contribution in [0.1, 0.15) is 5.56 Å². The van der Waals surface area contributed by atoms with Crippen molar-refractivity contribution >= 4 is 7.60 Å². The van der Waals surface area contributed by atoms with Gasteiger partial charge in [0.2, 0.25) is 6.54 Å². The Morgan fingerprint density at radius 3 is 2.22 bits per heavy atom. The van der Waals surface area contributed by atoms with Gasteiger partial charge in [0.15, 0.2) is 0 Å². The van der Waals surface area contributed by atoms with Gasteiger partial charge in [-0.15, -0.1) is 0 Å². The van der Waals surface area contributed by atoms with Gasteiger partial charge in [0, 0.05) is 24.7 Å². The molecule has 100 valence electrons. The monoisotopic (exact) mass is 275 g/mol. The molecule has 0 aliphatic rings. The summed E-state index contributed by atoms with van der Waals surface area (Å²) in [6.45, 7) is -0.976. The zero-order chi connectivity index (χ0) is 13.8. The van der Waals surface area contributed by atoms with Crippen molar-refractivity contribution in [1.82, 2.24) is 0 Å². The molecular formula is C10H14NO6P. The van der Waals surface area contributed by atoms with E-state index in [9.17, 15) is 19.8 Å². The molecule has 7 nitrogen and oxygen atoms in total. The predicted molar refractivity (Wildman–Crippen MR) is 63.8 cm³/mol. The van der Waals surface area contributed by atoms with Gasteiger partial charge in [0.1, 0.15) is 0 Å². The maximum Gasteiger partial charge on any atom is 0.372 e. The van der Waals surface area contributed by atoms with Crippen molar-refractivity contribution in [2.45, 2.75) is 5.34 Å². The zero-order valence-electron chi connectivity index (χ0n) is 9.98. The van der Waals surface area contributed by atoms with Crippen molar-refractivity contribution < 1.29 is 23.6 Å². The van der Waals surface area contributed by atoms with Gasteiger partial charge in [-0.1, -0.05) is 30.3 Å². The quantitative estimate of drug-likeness (QED) is 0.481. The predicted octanol–water partition coefficient (Wildman–Crippen LogP) is 1.59. The number of aliphatic hydroxyl groups is 1. The Bertz CT molecular complexity index is 457. The van der Waals surface area contributed by atoms with Crippen LogP contribution in [-0.2, 0) is 19.0 Å². The minimum absolute atomic E-state index is 0.105. The van der Waals surface area contributed by atoms with Crippen LogP contribution >= 0.6 is 7.60 Å². The molecule has 1 rings (SSSR count). The van der Waals surface area contributed by atoms with Gasteiger partial charge in [0.25, 0.3) is 5.34 Å². The summed E-state index contributed by atoms with van der Waals surface area (Å²) in [6, 6.07) is 7.65. The molecule has 1 atom stereocenters. The lowest BCUT2D eigenvalue weighted by Gasteiger charge is -2.30. The SMILES string of the molecule is COP(=O)(OC)C(O)(C[N+](=O)[O-])c1ccccc1. The lowest BCUT2D eigenvalue weighted by atomic mass is 10.1. The molecule has 1 N–H and O–H groups in total. The number of benzene rings is 1. The summed E-state index contributed by atoms with van der Waals surface area (Å²) in [5, 5.41) is 18.8. The molecule has 1 unspecified atom stereocenters. The van der Waals surface area contributed by atoms with E-state index in [1.54, 1.807) is 18.2 Å². The van der Waals surface area contributed by atoms with E-state index in [1.807, 2.05) is 0 Å². The van der Waals surface area contributed by atoms with Crippen LogP contribution in [-0.4, -0.2) is 30.8 Å². The summed E-state index contributed by atoms with van der Waals surface area (Å²) in [5.41, 5.74) is 0.105. The fourth-order valence-corrected chi connectivity index (χ4v) is 3.10. The topological polar surface area (TPSA) is 98.9 Å². The van der Waals surface area contributed by atoms with E-state index in [4.69, 9.17) is 0 Å². The fraction of sp³-hybridized carbons (Fsp3) is 0.400. The Kier molecular flexibility index (Phi) is 4.59. The molecule has 0 aliphatic heterocycles. The summed E-state index contributed by atoms with van der Waals surface area (Å²) in [7, 11) is -1.93. The van der Waals surface area contributed by atoms with E-state index in [1.165, 1.54) is 12.1 Å². The molecule has 0 aliphatic carbocycles. The number of hydrogen-bond donors (Lipinski definition) is 1. The summed E-state index contributed by atoms with van der Waals surface area (Å²) in [4.78, 5) is 9.91. The van der Waals surface area contributed by atoms with Crippen molar-refractivity contribution in [1.29, 1.82) is 0 Å². The van der Waals surface area contributed by atoms with Crippen LogP contribution in [0.5, 0.6) is 0 Å². The number of rotatable bonds is 6. The van der Waals surface area contributed by atoms with Crippen LogP contribution in [0.15, 0.2) is 30.3 Å². The lowest BCUT2D eigenvalue weighted by molar-refractivity contribution is -0.496. The third-order valence-corrected chi connectivity index (χ3v) is 4.79. The average Bonchev–Trinajstić information content (AvgIpc) is 2.37. The first-order valence-corrected chi connectivity index (χ1v) is 6.55. The van der Waals surface area contributed by atoms with Crippen LogP contribution in [0.3, 0.4) is 0 Å². The second kappa shape index (κ2) is 5.58. The molecule has 0 amide bonds. The molecular weight excluding hydrogens is 261 g/mol. The number of nitro groups is 1. The van der Waals surface area contributed by atoms with E-state index in [-0.39, 0.29) is 5.56 Å². The first kappa shape index (κ1) is 14.8. The van der Waals surface area contributed by atoms with Crippen molar-refractivity contribution in [2.24, 2.45) is 0 Å². The van der Waals surface area contributed by atoms with Gasteiger partial charge in [-0.05, 0) is 0 Å². The molecule has 0 radical (unpaired) electrons. The van der Waals surface area contributed by atoms with Crippen molar-refractivity contribution in [3.05, 3.63) is 46.0 Å². The summed E-state index contributed by atoms with van der Waals surface area (Å²) >= 11 is 0. The van der Waals surface area contributed by atoms with Crippen LogP contribution in [0, 0.1) is 10.1 Å². The van der Waals surface area contributed by atoms with Crippen LogP contribution in [0.2, 0.25) is 0 Å². The minimum atomic E-state index is -4.07. The largest absolute Gasteiger partial charge is 0.372 e. The van der Waals surface area contributed by atoms with Gasteiger partial charge in [-0.3, -0.25) is 14.7 Å². The molecule has 0 bridgehead atoms. The molecule has 18 heavy (non-hydrogen) atoms. The third kappa shape index (κ3) is 2.59. The van der Waals surface area contributed by atoms with Crippen molar-refractivity contribution in [3.8, 4) is 0 Å². The first-order chi connectivity index (χ1) is 8.39. The van der Waals surface area contributed by atoms with E-state index in [0.29, 0.717) is 0 Å². The van der Waals surface area contributed by atoms with Crippen LogP contribution in [0.4, 0.5) is 0 Å². The molecule has 0 spiro atoms. The van der Waals surface area contributed by atoms with E-state index in [0.717, 1.165) is 14.2 Å². The standard InChI is InChI=1S/C10H14NO6P/c1-16-18(15,17-2)10(12,8-11(13)14)9-6-4-3-5-7-9/h3-7,12H,8H2,1-2H3. The summed E-state index contributed by atoms with van der Waals surface area (Å²) in [6.07, 6.45) is 0. The Hall–Kier alpha value is -1.27. The Morgan fingerprint density at radius 2 is 1.83 bits per heavy atom. The lowest BCUT2D eigenvalue weighted by Crippen LogP contribution is -2.35. The smallest absolute Gasteiger partial charge is 0.368 e. The van der Waals surface area contributed by atoms with Gasteiger partial charge in [-0.2, -0.15) is 0 Å². The van der Waals surface area contributed by atoms with E-state index >= 15 is 0 Å². The van der Waals surface area contributed by atoms with Crippen molar-refractivity contribution in [3.63, 3.8) is 0 Å². The Labute approximate surface area is 104 Å². The molecule has 8 heteroatoms. The summed E-state index contributed by atoms with van der Waals surface area (Å²) < 4.78 is 21.7. The highest BCUT2D eigenvalue weighted by Crippen LogP contribution is 2.62. The normalized spacial score (nSPS) is 15.1. The zero-order valence-corrected chi connectivity index (χ0v) is 10.9. The minimum Gasteiger partial charge on any atom is -0.368 e. The molecule has 1 aromatic rings. The highest BCUT2D eigenvalue weighted by molar-refractivity contribution is 7.54. The maximum absolute atomic E-state index is 12.3. The highest BCUT2D eigenvalue weighted by atomic mass is 31.2. The number of nitrogens with zero attached hydrogens (tertiary/aromatic N) is 1. The first-order valence-electron chi connectivity index (χ1n) is 5.01. The molecule has 0 saturated carbocycles. The Balaban J connectivity index is 3.36. The van der Waals surface area contributed by atoms with Gasteiger partial charge in [0.05, 0.1) is 0 Å².